The Morgan fingerprint density at radius 1 is 1.38 bits per heavy atom. The minimum Gasteiger partial charge on any atom is -0.374 e. The van der Waals surface area contributed by atoms with E-state index in [1.807, 2.05) is 31.2 Å². The van der Waals surface area contributed by atoms with Crippen LogP contribution in [0.1, 0.15) is 25.3 Å². The third kappa shape index (κ3) is 2.71. The quantitative estimate of drug-likeness (QED) is 0.809. The zero-order valence-corrected chi connectivity index (χ0v) is 10.7. The molecule has 2 nitrogen and oxygen atoms in total. The van der Waals surface area contributed by atoms with Crippen LogP contribution in [0.4, 0.5) is 0 Å². The van der Waals surface area contributed by atoms with Gasteiger partial charge in [0.1, 0.15) is 0 Å². The maximum Gasteiger partial charge on any atom is 0.0773 e. The van der Waals surface area contributed by atoms with Crippen molar-refractivity contribution in [3.05, 3.63) is 29.8 Å². The minimum absolute atomic E-state index is 0.185. The maximum atomic E-state index is 12.1. The van der Waals surface area contributed by atoms with Crippen LogP contribution in [0.15, 0.2) is 29.2 Å². The Kier molecular flexibility index (Phi) is 3.45. The van der Waals surface area contributed by atoms with Crippen LogP contribution < -0.4 is 0 Å². The Labute approximate surface area is 99.5 Å². The van der Waals surface area contributed by atoms with Gasteiger partial charge >= 0.3 is 0 Å². The molecule has 1 aliphatic heterocycles. The van der Waals surface area contributed by atoms with E-state index in [1.54, 1.807) is 0 Å². The minimum atomic E-state index is -0.946. The Morgan fingerprint density at radius 3 is 2.62 bits per heavy atom. The van der Waals surface area contributed by atoms with Crippen molar-refractivity contribution >= 4 is 10.8 Å². The average Bonchev–Trinajstić information content (AvgIpc) is 2.65. The van der Waals surface area contributed by atoms with Crippen molar-refractivity contribution in [1.29, 1.82) is 0 Å². The van der Waals surface area contributed by atoms with Crippen LogP contribution >= 0.6 is 0 Å². The molecule has 2 atom stereocenters. The molecule has 1 aliphatic rings. The molecular weight excluding hydrogens is 220 g/mol. The van der Waals surface area contributed by atoms with Crippen LogP contribution in [-0.4, -0.2) is 22.2 Å². The van der Waals surface area contributed by atoms with Crippen molar-refractivity contribution in [2.24, 2.45) is 0 Å². The smallest absolute Gasteiger partial charge is 0.0773 e. The first-order valence-corrected chi connectivity index (χ1v) is 7.00. The van der Waals surface area contributed by atoms with Crippen molar-refractivity contribution < 1.29 is 8.95 Å². The summed E-state index contributed by atoms with van der Waals surface area (Å²) in [7, 11) is -0.946. The van der Waals surface area contributed by atoms with E-state index < -0.39 is 10.8 Å². The first-order valence-electron chi connectivity index (χ1n) is 5.68. The van der Waals surface area contributed by atoms with Gasteiger partial charge in [0.15, 0.2) is 0 Å². The molecule has 1 saturated heterocycles. The predicted molar refractivity (Wildman–Crippen MR) is 66.0 cm³/mol. The Hall–Kier alpha value is -0.670. The van der Waals surface area contributed by atoms with E-state index in [2.05, 4.69) is 6.92 Å². The molecule has 0 spiro atoms. The van der Waals surface area contributed by atoms with Gasteiger partial charge in [0, 0.05) is 11.5 Å². The Morgan fingerprint density at radius 2 is 2.06 bits per heavy atom. The fourth-order valence-electron chi connectivity index (χ4n) is 2.00. The molecule has 1 fully saturated rings. The summed E-state index contributed by atoms with van der Waals surface area (Å²) in [5.74, 6) is 0.607. The van der Waals surface area contributed by atoms with Gasteiger partial charge in [-0.2, -0.15) is 0 Å². The summed E-state index contributed by atoms with van der Waals surface area (Å²) in [4.78, 5) is 0.905. The first kappa shape index (κ1) is 11.8. The molecule has 0 radical (unpaired) electrons. The fraction of sp³-hybridized carbons (Fsp3) is 0.538. The van der Waals surface area contributed by atoms with Gasteiger partial charge in [-0.3, -0.25) is 4.21 Å². The second-order valence-electron chi connectivity index (χ2n) is 4.70. The second-order valence-corrected chi connectivity index (χ2v) is 6.16. The SMILES string of the molecule is Cc1ccc([S@](=O)C[C@@]2(C)CCCO2)cc1. The summed E-state index contributed by atoms with van der Waals surface area (Å²) < 4.78 is 17.8. The van der Waals surface area contributed by atoms with Crippen LogP contribution in [0.5, 0.6) is 0 Å². The molecule has 2 rings (SSSR count). The molecule has 0 bridgehead atoms. The monoisotopic (exact) mass is 238 g/mol. The number of aryl methyl sites for hydroxylation is 1. The van der Waals surface area contributed by atoms with E-state index in [9.17, 15) is 4.21 Å². The highest BCUT2D eigenvalue weighted by molar-refractivity contribution is 7.85. The lowest BCUT2D eigenvalue weighted by Crippen LogP contribution is -2.30. The van der Waals surface area contributed by atoms with Crippen LogP contribution in [-0.2, 0) is 15.5 Å². The van der Waals surface area contributed by atoms with E-state index in [-0.39, 0.29) is 5.60 Å². The molecule has 16 heavy (non-hydrogen) atoms. The number of hydrogen-bond acceptors (Lipinski definition) is 2. The molecule has 0 saturated carbocycles. The molecule has 1 heterocycles. The molecule has 0 unspecified atom stereocenters. The van der Waals surface area contributed by atoms with Crippen molar-refractivity contribution in [3.8, 4) is 0 Å². The van der Waals surface area contributed by atoms with Gasteiger partial charge in [0.25, 0.3) is 0 Å². The molecule has 0 aliphatic carbocycles. The topological polar surface area (TPSA) is 26.3 Å². The van der Waals surface area contributed by atoms with Gasteiger partial charge in [-0.1, -0.05) is 17.7 Å². The molecule has 0 N–H and O–H groups in total. The Bertz CT molecular complexity index is 377. The summed E-state index contributed by atoms with van der Waals surface area (Å²) in [5.41, 5.74) is 1.01. The van der Waals surface area contributed by atoms with Gasteiger partial charge < -0.3 is 4.74 Å². The molecule has 3 heteroatoms. The lowest BCUT2D eigenvalue weighted by atomic mass is 10.1. The van der Waals surface area contributed by atoms with Gasteiger partial charge in [0.05, 0.1) is 22.2 Å². The molecule has 0 aromatic heterocycles. The molecular formula is C13H18O2S. The van der Waals surface area contributed by atoms with Crippen molar-refractivity contribution in [3.63, 3.8) is 0 Å². The highest BCUT2D eigenvalue weighted by atomic mass is 32.2. The van der Waals surface area contributed by atoms with Crippen LogP contribution in [0.25, 0.3) is 0 Å². The lowest BCUT2D eigenvalue weighted by Gasteiger charge is -2.22. The first-order chi connectivity index (χ1) is 7.59. The lowest BCUT2D eigenvalue weighted by molar-refractivity contribution is 0.0401. The van der Waals surface area contributed by atoms with E-state index in [1.165, 1.54) is 5.56 Å². The largest absolute Gasteiger partial charge is 0.374 e. The van der Waals surface area contributed by atoms with Gasteiger partial charge in [-0.05, 0) is 38.8 Å². The highest BCUT2D eigenvalue weighted by Crippen LogP contribution is 2.27. The summed E-state index contributed by atoms with van der Waals surface area (Å²) in [6, 6.07) is 7.91. The van der Waals surface area contributed by atoms with Crippen LogP contribution in [0.3, 0.4) is 0 Å². The molecule has 1 aromatic rings. The van der Waals surface area contributed by atoms with Crippen molar-refractivity contribution in [1.82, 2.24) is 0 Å². The Balaban J connectivity index is 2.05. The maximum absolute atomic E-state index is 12.1. The average molecular weight is 238 g/mol. The highest BCUT2D eigenvalue weighted by Gasteiger charge is 2.32. The van der Waals surface area contributed by atoms with Crippen molar-refractivity contribution in [2.75, 3.05) is 12.4 Å². The third-order valence-electron chi connectivity index (χ3n) is 3.02. The van der Waals surface area contributed by atoms with Gasteiger partial charge in [-0.25, -0.2) is 0 Å². The van der Waals surface area contributed by atoms with Crippen LogP contribution in [0.2, 0.25) is 0 Å². The van der Waals surface area contributed by atoms with E-state index >= 15 is 0 Å². The fourth-order valence-corrected chi connectivity index (χ4v) is 3.39. The summed E-state index contributed by atoms with van der Waals surface area (Å²) in [5, 5.41) is 0. The van der Waals surface area contributed by atoms with E-state index in [0.29, 0.717) is 5.75 Å². The number of ether oxygens (including phenoxy) is 1. The normalized spacial score (nSPS) is 26.9. The summed E-state index contributed by atoms with van der Waals surface area (Å²) >= 11 is 0. The van der Waals surface area contributed by atoms with Gasteiger partial charge in [0.2, 0.25) is 0 Å². The van der Waals surface area contributed by atoms with E-state index in [4.69, 9.17) is 4.74 Å². The van der Waals surface area contributed by atoms with E-state index in [0.717, 1.165) is 24.3 Å². The summed E-state index contributed by atoms with van der Waals surface area (Å²) in [6.07, 6.45) is 2.10. The predicted octanol–water partition coefficient (Wildman–Crippen LogP) is 2.67. The third-order valence-corrected chi connectivity index (χ3v) is 4.69. The van der Waals surface area contributed by atoms with Crippen molar-refractivity contribution in [2.45, 2.75) is 37.2 Å². The standard InChI is InChI=1S/C13H18O2S/c1-11-4-6-12(7-5-11)16(14)10-13(2)8-3-9-15-13/h4-7H,3,8-10H2,1-2H3/t13-,16-/m1/s1. The second kappa shape index (κ2) is 4.68. The zero-order valence-electron chi connectivity index (χ0n) is 9.86. The van der Waals surface area contributed by atoms with Crippen LogP contribution in [0, 0.1) is 6.92 Å². The van der Waals surface area contributed by atoms with Gasteiger partial charge in [-0.15, -0.1) is 0 Å². The number of hydrogen-bond donors (Lipinski definition) is 0. The molecule has 0 amide bonds. The number of rotatable bonds is 3. The molecule has 88 valence electrons. The summed E-state index contributed by atoms with van der Waals surface area (Å²) in [6.45, 7) is 4.90. The molecule has 1 aromatic carbocycles. The zero-order chi connectivity index (χ0) is 11.6. The number of benzene rings is 1.